The van der Waals surface area contributed by atoms with E-state index in [-0.39, 0.29) is 5.41 Å². The fraction of sp³-hybridized carbons (Fsp3) is 0.667. The van der Waals surface area contributed by atoms with E-state index in [1.807, 2.05) is 12.1 Å². The van der Waals surface area contributed by atoms with E-state index in [4.69, 9.17) is 4.74 Å². The highest BCUT2D eigenvalue weighted by Gasteiger charge is 2.21. The number of aliphatic hydroxyl groups excluding tert-OH is 1. The van der Waals surface area contributed by atoms with Gasteiger partial charge in [0.15, 0.2) is 0 Å². The summed E-state index contributed by atoms with van der Waals surface area (Å²) in [6, 6.07) is 6.06. The molecule has 0 amide bonds. The Morgan fingerprint density at radius 2 is 1.95 bits per heavy atom. The number of nitrogens with zero attached hydrogens (tertiary/aromatic N) is 1. The van der Waals surface area contributed by atoms with Crippen LogP contribution >= 0.6 is 0 Å². The molecule has 1 saturated heterocycles. The second kappa shape index (κ2) is 7.44. The Bertz CT molecular complexity index is 476. The Kier molecular flexibility index (Phi) is 5.84. The number of benzene rings is 1. The van der Waals surface area contributed by atoms with Crippen molar-refractivity contribution in [2.45, 2.75) is 38.7 Å². The summed E-state index contributed by atoms with van der Waals surface area (Å²) < 4.78 is 5.46. The van der Waals surface area contributed by atoms with Crippen molar-refractivity contribution in [1.29, 1.82) is 0 Å². The van der Waals surface area contributed by atoms with Crippen LogP contribution in [-0.4, -0.2) is 49.8 Å². The lowest BCUT2D eigenvalue weighted by Gasteiger charge is -2.28. The second-order valence-corrected chi connectivity index (χ2v) is 7.11. The van der Waals surface area contributed by atoms with Gasteiger partial charge in [-0.2, -0.15) is 0 Å². The third-order valence-electron chi connectivity index (χ3n) is 4.34. The van der Waals surface area contributed by atoms with Gasteiger partial charge < -0.3 is 20.1 Å². The lowest BCUT2D eigenvalue weighted by atomic mass is 9.84. The molecule has 124 valence electrons. The third kappa shape index (κ3) is 4.45. The van der Waals surface area contributed by atoms with Crippen LogP contribution in [0.15, 0.2) is 18.2 Å². The molecular weight excluding hydrogens is 276 g/mol. The summed E-state index contributed by atoms with van der Waals surface area (Å²) in [6.45, 7) is 11.7. The topological polar surface area (TPSA) is 44.7 Å². The van der Waals surface area contributed by atoms with Gasteiger partial charge in [-0.1, -0.05) is 26.8 Å². The van der Waals surface area contributed by atoms with Crippen molar-refractivity contribution in [2.75, 3.05) is 39.8 Å². The van der Waals surface area contributed by atoms with Crippen LogP contribution < -0.4 is 10.1 Å². The molecule has 1 aliphatic rings. The van der Waals surface area contributed by atoms with E-state index in [1.165, 1.54) is 0 Å². The fourth-order valence-corrected chi connectivity index (χ4v) is 2.93. The minimum atomic E-state index is -0.415. The Labute approximate surface area is 134 Å². The van der Waals surface area contributed by atoms with Gasteiger partial charge in [0.1, 0.15) is 5.75 Å². The molecule has 4 nitrogen and oxygen atoms in total. The van der Waals surface area contributed by atoms with Gasteiger partial charge in [0.25, 0.3) is 0 Å². The summed E-state index contributed by atoms with van der Waals surface area (Å²) in [5.74, 6) is 0.894. The van der Waals surface area contributed by atoms with Crippen molar-refractivity contribution >= 4 is 0 Å². The highest BCUT2D eigenvalue weighted by Crippen LogP contribution is 2.34. The molecule has 0 aliphatic carbocycles. The predicted molar refractivity (Wildman–Crippen MR) is 90.6 cm³/mol. The first-order chi connectivity index (χ1) is 10.4. The van der Waals surface area contributed by atoms with Gasteiger partial charge in [-0.3, -0.25) is 0 Å². The molecule has 1 fully saturated rings. The number of piperazine rings is 1. The number of aliphatic hydroxyl groups is 1. The van der Waals surface area contributed by atoms with Crippen molar-refractivity contribution < 1.29 is 9.84 Å². The quantitative estimate of drug-likeness (QED) is 0.876. The predicted octanol–water partition coefficient (Wildman–Crippen LogP) is 2.32. The average molecular weight is 306 g/mol. The summed E-state index contributed by atoms with van der Waals surface area (Å²) >= 11 is 0. The molecule has 4 heteroatoms. The van der Waals surface area contributed by atoms with Crippen molar-refractivity contribution in [3.05, 3.63) is 29.3 Å². The molecular formula is C18H30N2O2. The SMILES string of the molecule is COc1ccc(C(O)CCN2CCNCC2)cc1C(C)(C)C. The summed E-state index contributed by atoms with van der Waals surface area (Å²) in [4.78, 5) is 2.41. The summed E-state index contributed by atoms with van der Waals surface area (Å²) in [6.07, 6.45) is 0.359. The molecule has 0 saturated carbocycles. The molecule has 0 spiro atoms. The van der Waals surface area contributed by atoms with E-state index < -0.39 is 6.10 Å². The zero-order chi connectivity index (χ0) is 16.2. The minimum Gasteiger partial charge on any atom is -0.496 e. The Morgan fingerprint density at radius 3 is 2.55 bits per heavy atom. The Balaban J connectivity index is 2.04. The van der Waals surface area contributed by atoms with Crippen LogP contribution in [0, 0.1) is 0 Å². The largest absolute Gasteiger partial charge is 0.496 e. The fourth-order valence-electron chi connectivity index (χ4n) is 2.93. The summed E-state index contributed by atoms with van der Waals surface area (Å²) in [5, 5.41) is 13.9. The Morgan fingerprint density at radius 1 is 1.27 bits per heavy atom. The van der Waals surface area contributed by atoms with E-state index >= 15 is 0 Å². The van der Waals surface area contributed by atoms with Gasteiger partial charge >= 0.3 is 0 Å². The lowest BCUT2D eigenvalue weighted by Crippen LogP contribution is -2.44. The first-order valence-electron chi connectivity index (χ1n) is 8.21. The Hall–Kier alpha value is -1.10. The molecule has 0 aromatic heterocycles. The van der Waals surface area contributed by atoms with Gasteiger partial charge in [0.2, 0.25) is 0 Å². The van der Waals surface area contributed by atoms with Gasteiger partial charge in [0.05, 0.1) is 13.2 Å². The van der Waals surface area contributed by atoms with E-state index in [2.05, 4.69) is 37.1 Å². The minimum absolute atomic E-state index is 0.000384. The van der Waals surface area contributed by atoms with Crippen molar-refractivity contribution in [2.24, 2.45) is 0 Å². The van der Waals surface area contributed by atoms with Gasteiger partial charge in [-0.05, 0) is 35.1 Å². The maximum atomic E-state index is 10.5. The normalized spacial score (nSPS) is 18.2. The molecule has 1 aliphatic heterocycles. The third-order valence-corrected chi connectivity index (χ3v) is 4.34. The van der Waals surface area contributed by atoms with E-state index in [9.17, 15) is 5.11 Å². The highest BCUT2D eigenvalue weighted by atomic mass is 16.5. The first kappa shape index (κ1) is 17.3. The van der Waals surface area contributed by atoms with Gasteiger partial charge in [-0.25, -0.2) is 0 Å². The van der Waals surface area contributed by atoms with Crippen molar-refractivity contribution in [3.63, 3.8) is 0 Å². The summed E-state index contributed by atoms with van der Waals surface area (Å²) in [7, 11) is 1.70. The number of methoxy groups -OCH3 is 1. The zero-order valence-electron chi connectivity index (χ0n) is 14.4. The molecule has 1 aromatic carbocycles. The molecule has 1 aromatic rings. The van der Waals surface area contributed by atoms with Gasteiger partial charge in [0, 0.05) is 32.7 Å². The number of rotatable bonds is 5. The molecule has 2 rings (SSSR count). The average Bonchev–Trinajstić information content (AvgIpc) is 2.52. The number of ether oxygens (including phenoxy) is 1. The molecule has 1 heterocycles. The molecule has 1 unspecified atom stereocenters. The molecule has 2 N–H and O–H groups in total. The summed E-state index contributed by atoms with van der Waals surface area (Å²) in [5.41, 5.74) is 2.13. The lowest BCUT2D eigenvalue weighted by molar-refractivity contribution is 0.136. The van der Waals surface area contributed by atoms with Crippen molar-refractivity contribution in [1.82, 2.24) is 10.2 Å². The molecule has 22 heavy (non-hydrogen) atoms. The van der Waals surface area contributed by atoms with Crippen LogP contribution in [0.1, 0.15) is 44.4 Å². The monoisotopic (exact) mass is 306 g/mol. The van der Waals surface area contributed by atoms with Crippen LogP contribution in [0.4, 0.5) is 0 Å². The number of nitrogens with one attached hydrogen (secondary N) is 1. The standard InChI is InChI=1S/C18H30N2O2/c1-18(2,3)15-13-14(5-6-17(15)22-4)16(21)7-10-20-11-8-19-9-12-20/h5-6,13,16,19,21H,7-12H2,1-4H3. The maximum Gasteiger partial charge on any atom is 0.122 e. The zero-order valence-corrected chi connectivity index (χ0v) is 14.4. The highest BCUT2D eigenvalue weighted by molar-refractivity contribution is 5.42. The van der Waals surface area contributed by atoms with Crippen LogP contribution in [0.25, 0.3) is 0 Å². The van der Waals surface area contributed by atoms with Crippen LogP contribution in [-0.2, 0) is 5.41 Å². The maximum absolute atomic E-state index is 10.5. The first-order valence-corrected chi connectivity index (χ1v) is 8.21. The van der Waals surface area contributed by atoms with Crippen LogP contribution in [0.2, 0.25) is 0 Å². The number of hydrogen-bond donors (Lipinski definition) is 2. The van der Waals surface area contributed by atoms with Crippen LogP contribution in [0.3, 0.4) is 0 Å². The molecule has 0 bridgehead atoms. The van der Waals surface area contributed by atoms with E-state index in [1.54, 1.807) is 7.11 Å². The van der Waals surface area contributed by atoms with Gasteiger partial charge in [-0.15, -0.1) is 0 Å². The van der Waals surface area contributed by atoms with Crippen LogP contribution in [0.5, 0.6) is 5.75 Å². The smallest absolute Gasteiger partial charge is 0.122 e. The van der Waals surface area contributed by atoms with E-state index in [0.29, 0.717) is 0 Å². The van der Waals surface area contributed by atoms with Crippen molar-refractivity contribution in [3.8, 4) is 5.75 Å². The number of hydrogen-bond acceptors (Lipinski definition) is 4. The van der Waals surface area contributed by atoms with E-state index in [0.717, 1.165) is 56.0 Å². The molecule has 0 radical (unpaired) electrons. The molecule has 1 atom stereocenters. The second-order valence-electron chi connectivity index (χ2n) is 7.11.